The van der Waals surface area contributed by atoms with Crippen molar-refractivity contribution < 1.29 is 9.90 Å². The molecule has 2 aromatic rings. The van der Waals surface area contributed by atoms with E-state index in [1.54, 1.807) is 53.8 Å². The molecule has 6 heteroatoms. The molecule has 2 N–H and O–H groups in total. The van der Waals surface area contributed by atoms with Crippen LogP contribution in [0.25, 0.3) is 5.57 Å². The van der Waals surface area contributed by atoms with Crippen molar-refractivity contribution in [3.8, 4) is 0 Å². The van der Waals surface area contributed by atoms with Crippen LogP contribution in [0.4, 0.5) is 11.4 Å². The standard InChI is InChI=1S/C17H16N4O2/c1-12(22)20-14-4-2-5-15(10-14)21-11-13(6-7-16(21)23)17-18-8-3-9-19-17/h2-11,16,23H,1H3,(H,20,22). The lowest BCUT2D eigenvalue weighted by atomic mass is 10.1. The molecule has 0 saturated heterocycles. The Morgan fingerprint density at radius 3 is 2.78 bits per heavy atom. The molecule has 1 amide bonds. The largest absolute Gasteiger partial charge is 0.370 e. The number of nitrogens with one attached hydrogen (secondary N) is 1. The first-order valence-electron chi connectivity index (χ1n) is 7.15. The summed E-state index contributed by atoms with van der Waals surface area (Å²) >= 11 is 0. The number of aliphatic hydroxyl groups is 1. The average Bonchev–Trinajstić information content (AvgIpc) is 2.56. The first-order chi connectivity index (χ1) is 11.1. The van der Waals surface area contributed by atoms with Gasteiger partial charge in [0.15, 0.2) is 5.82 Å². The maximum absolute atomic E-state index is 11.2. The van der Waals surface area contributed by atoms with Crippen molar-refractivity contribution in [1.29, 1.82) is 0 Å². The van der Waals surface area contributed by atoms with Crippen molar-refractivity contribution in [2.45, 2.75) is 13.2 Å². The number of nitrogens with zero attached hydrogens (tertiary/aromatic N) is 3. The third-order valence-electron chi connectivity index (χ3n) is 3.30. The van der Waals surface area contributed by atoms with Gasteiger partial charge in [0, 0.05) is 42.5 Å². The van der Waals surface area contributed by atoms with Gasteiger partial charge in [-0.25, -0.2) is 9.97 Å². The molecule has 0 radical (unpaired) electrons. The van der Waals surface area contributed by atoms with Crippen LogP contribution in [0.2, 0.25) is 0 Å². The molecule has 0 aliphatic carbocycles. The van der Waals surface area contributed by atoms with E-state index < -0.39 is 6.23 Å². The molecule has 2 heterocycles. The highest BCUT2D eigenvalue weighted by Crippen LogP contribution is 2.27. The van der Waals surface area contributed by atoms with Gasteiger partial charge < -0.3 is 15.3 Å². The molecule has 1 atom stereocenters. The molecule has 1 aromatic carbocycles. The minimum absolute atomic E-state index is 0.143. The van der Waals surface area contributed by atoms with Gasteiger partial charge in [-0.05, 0) is 36.4 Å². The summed E-state index contributed by atoms with van der Waals surface area (Å²) in [6, 6.07) is 9.01. The molecule has 6 nitrogen and oxygen atoms in total. The fourth-order valence-corrected chi connectivity index (χ4v) is 2.31. The molecule has 23 heavy (non-hydrogen) atoms. The molecule has 0 saturated carbocycles. The Morgan fingerprint density at radius 2 is 2.04 bits per heavy atom. The van der Waals surface area contributed by atoms with E-state index >= 15 is 0 Å². The number of rotatable bonds is 3. The van der Waals surface area contributed by atoms with Gasteiger partial charge >= 0.3 is 0 Å². The Labute approximate surface area is 133 Å². The quantitative estimate of drug-likeness (QED) is 0.908. The zero-order valence-corrected chi connectivity index (χ0v) is 12.5. The van der Waals surface area contributed by atoms with E-state index in [2.05, 4.69) is 15.3 Å². The van der Waals surface area contributed by atoms with Gasteiger partial charge in [0.2, 0.25) is 5.91 Å². The number of allylic oxidation sites excluding steroid dienone is 2. The normalized spacial score (nSPS) is 16.9. The van der Waals surface area contributed by atoms with Crippen molar-refractivity contribution in [1.82, 2.24) is 9.97 Å². The number of amides is 1. The van der Waals surface area contributed by atoms with Gasteiger partial charge in [-0.1, -0.05) is 6.07 Å². The van der Waals surface area contributed by atoms with Gasteiger partial charge in [0.1, 0.15) is 6.23 Å². The summed E-state index contributed by atoms with van der Waals surface area (Å²) in [5, 5.41) is 13.0. The highest BCUT2D eigenvalue weighted by atomic mass is 16.3. The number of hydrogen-bond acceptors (Lipinski definition) is 5. The molecule has 1 aromatic heterocycles. The lowest BCUT2D eigenvalue weighted by molar-refractivity contribution is -0.114. The van der Waals surface area contributed by atoms with Crippen LogP contribution in [0, 0.1) is 0 Å². The first kappa shape index (κ1) is 14.9. The van der Waals surface area contributed by atoms with Crippen molar-refractivity contribution in [3.05, 3.63) is 66.9 Å². The molecule has 116 valence electrons. The summed E-state index contributed by atoms with van der Waals surface area (Å²) in [7, 11) is 0. The number of carbonyl (C=O) groups excluding carboxylic acids is 1. The van der Waals surface area contributed by atoms with Crippen molar-refractivity contribution in [3.63, 3.8) is 0 Å². The number of aliphatic hydroxyl groups excluding tert-OH is 1. The number of carbonyl (C=O) groups is 1. The Bertz CT molecular complexity index is 771. The summed E-state index contributed by atoms with van der Waals surface area (Å²) < 4.78 is 0. The predicted octanol–water partition coefficient (Wildman–Crippen LogP) is 2.17. The second kappa shape index (κ2) is 6.41. The lowest BCUT2D eigenvalue weighted by Crippen LogP contribution is -2.31. The van der Waals surface area contributed by atoms with Gasteiger partial charge in [0.05, 0.1) is 0 Å². The Morgan fingerprint density at radius 1 is 1.26 bits per heavy atom. The second-order valence-electron chi connectivity index (χ2n) is 5.07. The second-order valence-corrected chi connectivity index (χ2v) is 5.07. The van der Waals surface area contributed by atoms with Gasteiger partial charge in [-0.15, -0.1) is 0 Å². The smallest absolute Gasteiger partial charge is 0.221 e. The van der Waals surface area contributed by atoms with Crippen LogP contribution in [-0.4, -0.2) is 27.2 Å². The zero-order valence-electron chi connectivity index (χ0n) is 12.5. The molecule has 1 unspecified atom stereocenters. The van der Waals surface area contributed by atoms with Gasteiger partial charge in [0.25, 0.3) is 0 Å². The zero-order chi connectivity index (χ0) is 16.2. The van der Waals surface area contributed by atoms with Crippen LogP contribution in [0.1, 0.15) is 12.7 Å². The third kappa shape index (κ3) is 3.44. The van der Waals surface area contributed by atoms with E-state index in [1.165, 1.54) is 6.92 Å². The maximum atomic E-state index is 11.2. The molecular weight excluding hydrogens is 292 g/mol. The molecule has 3 rings (SSSR count). The van der Waals surface area contributed by atoms with E-state index in [0.717, 1.165) is 11.3 Å². The number of anilines is 2. The van der Waals surface area contributed by atoms with Crippen LogP contribution in [0.3, 0.4) is 0 Å². The van der Waals surface area contributed by atoms with Crippen molar-refractivity contribution >= 4 is 22.9 Å². The average molecular weight is 308 g/mol. The monoisotopic (exact) mass is 308 g/mol. The van der Waals surface area contributed by atoms with E-state index in [4.69, 9.17) is 0 Å². The Balaban J connectivity index is 1.93. The minimum Gasteiger partial charge on any atom is -0.370 e. The minimum atomic E-state index is -0.796. The highest BCUT2D eigenvalue weighted by Gasteiger charge is 2.18. The van der Waals surface area contributed by atoms with Crippen LogP contribution in [0.5, 0.6) is 0 Å². The van der Waals surface area contributed by atoms with Crippen LogP contribution in [0.15, 0.2) is 61.1 Å². The number of hydrogen-bond donors (Lipinski definition) is 2. The topological polar surface area (TPSA) is 78.4 Å². The van der Waals surface area contributed by atoms with E-state index in [-0.39, 0.29) is 5.91 Å². The number of benzene rings is 1. The van der Waals surface area contributed by atoms with Crippen LogP contribution >= 0.6 is 0 Å². The first-order valence-corrected chi connectivity index (χ1v) is 7.15. The van der Waals surface area contributed by atoms with Gasteiger partial charge in [-0.2, -0.15) is 0 Å². The molecule has 0 fully saturated rings. The lowest BCUT2D eigenvalue weighted by Gasteiger charge is -2.28. The van der Waals surface area contributed by atoms with Crippen LogP contribution < -0.4 is 10.2 Å². The maximum Gasteiger partial charge on any atom is 0.221 e. The van der Waals surface area contributed by atoms with E-state index in [9.17, 15) is 9.90 Å². The fraction of sp³-hybridized carbons (Fsp3) is 0.118. The van der Waals surface area contributed by atoms with E-state index in [1.807, 2.05) is 12.1 Å². The predicted molar refractivity (Wildman–Crippen MR) is 88.4 cm³/mol. The summed E-state index contributed by atoms with van der Waals surface area (Å²) in [5.41, 5.74) is 2.21. The highest BCUT2D eigenvalue weighted by molar-refractivity contribution is 5.89. The van der Waals surface area contributed by atoms with Crippen molar-refractivity contribution in [2.75, 3.05) is 10.2 Å². The van der Waals surface area contributed by atoms with Gasteiger partial charge in [-0.3, -0.25) is 4.79 Å². The van der Waals surface area contributed by atoms with Crippen molar-refractivity contribution in [2.24, 2.45) is 0 Å². The SMILES string of the molecule is CC(=O)Nc1cccc(N2C=C(c3ncccn3)C=CC2O)c1. The summed E-state index contributed by atoms with van der Waals surface area (Å²) in [6.07, 6.45) is 7.78. The fourth-order valence-electron chi connectivity index (χ4n) is 2.31. The van der Waals surface area contributed by atoms with Crippen LogP contribution in [-0.2, 0) is 4.79 Å². The Hall–Kier alpha value is -2.99. The Kier molecular flexibility index (Phi) is 4.16. The summed E-state index contributed by atoms with van der Waals surface area (Å²) in [5.74, 6) is 0.439. The molecular formula is C17H16N4O2. The summed E-state index contributed by atoms with van der Waals surface area (Å²) in [6.45, 7) is 1.45. The third-order valence-corrected chi connectivity index (χ3v) is 3.30. The molecule has 0 bridgehead atoms. The molecule has 1 aliphatic rings. The summed E-state index contributed by atoms with van der Waals surface area (Å²) in [4.78, 5) is 21.3. The molecule has 1 aliphatic heterocycles. The van der Waals surface area contributed by atoms with E-state index in [0.29, 0.717) is 11.5 Å². The molecule has 0 spiro atoms. The number of aromatic nitrogens is 2.